The minimum atomic E-state index is -1.56. The van der Waals surface area contributed by atoms with E-state index < -0.39 is 40.3 Å². The standard InChI is InChI=1S/C32H45N3O5S/c1-8-22-16-13-17-23(9-2)27(22)40-19-25(36)33-24(18-21-14-11-10-12-15-21)26(37)30(39)35-20-41-32(6,7)28(35)29(38)34-31(3,4)5/h10-17,24,26,28,37H,8-9,18-20H2,1-7H3,(H,33,36)(H,34,38)/t24-,26-,28+/m0/s1. The van der Waals surface area contributed by atoms with Crippen LogP contribution in [0, 0.1) is 0 Å². The van der Waals surface area contributed by atoms with Crippen LogP contribution in [-0.4, -0.2) is 68.7 Å². The van der Waals surface area contributed by atoms with Gasteiger partial charge in [-0.2, -0.15) is 0 Å². The molecule has 9 heteroatoms. The fourth-order valence-electron chi connectivity index (χ4n) is 5.07. The van der Waals surface area contributed by atoms with Crippen LogP contribution in [0.3, 0.4) is 0 Å². The van der Waals surface area contributed by atoms with Gasteiger partial charge in [-0.15, -0.1) is 11.8 Å². The van der Waals surface area contributed by atoms with Gasteiger partial charge in [0.25, 0.3) is 11.8 Å². The number of hydrogen-bond acceptors (Lipinski definition) is 6. The minimum Gasteiger partial charge on any atom is -0.483 e. The molecule has 0 saturated carbocycles. The molecule has 224 valence electrons. The van der Waals surface area contributed by atoms with Crippen molar-refractivity contribution in [2.24, 2.45) is 0 Å². The first-order valence-corrected chi connectivity index (χ1v) is 15.3. The topological polar surface area (TPSA) is 108 Å². The fourth-order valence-corrected chi connectivity index (χ4v) is 6.21. The summed E-state index contributed by atoms with van der Waals surface area (Å²) >= 11 is 1.48. The van der Waals surface area contributed by atoms with Crippen molar-refractivity contribution in [3.63, 3.8) is 0 Å². The van der Waals surface area contributed by atoms with Crippen molar-refractivity contribution in [1.29, 1.82) is 0 Å². The van der Waals surface area contributed by atoms with Crippen molar-refractivity contribution >= 4 is 29.5 Å². The van der Waals surface area contributed by atoms with Crippen molar-refractivity contribution in [3.05, 3.63) is 65.2 Å². The SMILES string of the molecule is CCc1cccc(CC)c1OCC(=O)N[C@@H](Cc1ccccc1)[C@H](O)C(=O)N1CSC(C)(C)[C@H]1C(=O)NC(C)(C)C. The number of carbonyl (C=O) groups excluding carboxylic acids is 3. The number of aliphatic hydroxyl groups is 1. The summed E-state index contributed by atoms with van der Waals surface area (Å²) in [4.78, 5) is 41.7. The Balaban J connectivity index is 1.81. The van der Waals surface area contributed by atoms with E-state index in [0.717, 1.165) is 29.5 Å². The van der Waals surface area contributed by atoms with Crippen molar-refractivity contribution in [3.8, 4) is 5.75 Å². The van der Waals surface area contributed by atoms with Gasteiger partial charge in [-0.05, 0) is 70.6 Å². The van der Waals surface area contributed by atoms with E-state index >= 15 is 0 Å². The highest BCUT2D eigenvalue weighted by Gasteiger charge is 2.50. The predicted octanol–water partition coefficient (Wildman–Crippen LogP) is 3.87. The summed E-state index contributed by atoms with van der Waals surface area (Å²) in [5.41, 5.74) is 2.41. The minimum absolute atomic E-state index is 0.231. The van der Waals surface area contributed by atoms with Crippen LogP contribution in [0.25, 0.3) is 0 Å². The molecule has 0 aliphatic carbocycles. The van der Waals surface area contributed by atoms with E-state index in [-0.39, 0.29) is 24.8 Å². The van der Waals surface area contributed by atoms with Crippen LogP contribution in [-0.2, 0) is 33.6 Å². The molecule has 41 heavy (non-hydrogen) atoms. The van der Waals surface area contributed by atoms with Crippen molar-refractivity contribution in [2.45, 2.75) is 96.2 Å². The molecular formula is C32H45N3O5S. The molecule has 1 aliphatic rings. The monoisotopic (exact) mass is 583 g/mol. The second-order valence-electron chi connectivity index (χ2n) is 12.0. The molecule has 3 atom stereocenters. The Morgan fingerprint density at radius 1 is 1.05 bits per heavy atom. The molecule has 0 aromatic heterocycles. The molecule has 0 bridgehead atoms. The van der Waals surface area contributed by atoms with Gasteiger partial charge in [-0.1, -0.05) is 62.4 Å². The Morgan fingerprint density at radius 3 is 2.22 bits per heavy atom. The third kappa shape index (κ3) is 8.49. The first kappa shape index (κ1) is 32.5. The fraction of sp³-hybridized carbons (Fsp3) is 0.531. The average molecular weight is 584 g/mol. The molecule has 0 spiro atoms. The summed E-state index contributed by atoms with van der Waals surface area (Å²) in [6.45, 7) is 13.3. The smallest absolute Gasteiger partial charge is 0.258 e. The highest BCUT2D eigenvalue weighted by Crippen LogP contribution is 2.40. The molecule has 3 amide bonds. The molecule has 2 aromatic rings. The number of aliphatic hydroxyl groups excluding tert-OH is 1. The van der Waals surface area contributed by atoms with Gasteiger partial charge in [0.05, 0.1) is 11.9 Å². The van der Waals surface area contributed by atoms with Gasteiger partial charge in [0.2, 0.25) is 5.91 Å². The van der Waals surface area contributed by atoms with Gasteiger partial charge in [-0.25, -0.2) is 0 Å². The zero-order chi connectivity index (χ0) is 30.4. The van der Waals surface area contributed by atoms with E-state index in [1.807, 2.05) is 97.0 Å². The number of thioether (sulfide) groups is 1. The summed E-state index contributed by atoms with van der Waals surface area (Å²) < 4.78 is 5.42. The quantitative estimate of drug-likeness (QED) is 0.371. The number of nitrogens with zero attached hydrogens (tertiary/aromatic N) is 1. The lowest BCUT2D eigenvalue weighted by Gasteiger charge is -2.35. The Kier molecular flexibility index (Phi) is 10.9. The summed E-state index contributed by atoms with van der Waals surface area (Å²) in [6, 6.07) is 13.6. The first-order chi connectivity index (χ1) is 19.3. The number of benzene rings is 2. The maximum atomic E-state index is 13.8. The summed E-state index contributed by atoms with van der Waals surface area (Å²) in [5, 5.41) is 17.2. The highest BCUT2D eigenvalue weighted by molar-refractivity contribution is 8.00. The van der Waals surface area contributed by atoms with E-state index in [2.05, 4.69) is 10.6 Å². The van der Waals surface area contributed by atoms with Crippen molar-refractivity contribution in [1.82, 2.24) is 15.5 Å². The number of ether oxygens (including phenoxy) is 1. The van der Waals surface area contributed by atoms with Gasteiger partial charge in [0.15, 0.2) is 12.7 Å². The second-order valence-corrected chi connectivity index (χ2v) is 13.6. The average Bonchev–Trinajstić information content (AvgIpc) is 3.24. The molecular weight excluding hydrogens is 538 g/mol. The van der Waals surface area contributed by atoms with Crippen molar-refractivity contribution < 1.29 is 24.2 Å². The van der Waals surface area contributed by atoms with Gasteiger partial charge in [-0.3, -0.25) is 14.4 Å². The number of hydrogen-bond donors (Lipinski definition) is 3. The molecule has 3 rings (SSSR count). The Labute approximate surface area is 248 Å². The van der Waals surface area contributed by atoms with Crippen LogP contribution in [0.15, 0.2) is 48.5 Å². The third-order valence-electron chi connectivity index (χ3n) is 7.14. The molecule has 1 heterocycles. The summed E-state index contributed by atoms with van der Waals surface area (Å²) in [6.07, 6.45) is 0.202. The second kappa shape index (κ2) is 13.7. The van der Waals surface area contributed by atoms with E-state index in [1.165, 1.54) is 16.7 Å². The lowest BCUT2D eigenvalue weighted by molar-refractivity contribution is -0.148. The molecule has 1 aliphatic heterocycles. The Hall–Kier alpha value is -3.04. The molecule has 2 aromatic carbocycles. The van der Waals surface area contributed by atoms with Crippen molar-refractivity contribution in [2.75, 3.05) is 12.5 Å². The lowest BCUT2D eigenvalue weighted by Crippen LogP contribution is -2.60. The van der Waals surface area contributed by atoms with Crippen LogP contribution in [0.5, 0.6) is 5.75 Å². The largest absolute Gasteiger partial charge is 0.483 e. The maximum absolute atomic E-state index is 13.8. The zero-order valence-electron chi connectivity index (χ0n) is 25.3. The summed E-state index contributed by atoms with van der Waals surface area (Å²) in [5.74, 6) is -0.347. The number of rotatable bonds is 11. The predicted molar refractivity (Wildman–Crippen MR) is 164 cm³/mol. The van der Waals surface area contributed by atoms with Gasteiger partial charge >= 0.3 is 0 Å². The van der Waals surface area contributed by atoms with Crippen LogP contribution in [0.4, 0.5) is 0 Å². The van der Waals surface area contributed by atoms with E-state index in [9.17, 15) is 19.5 Å². The Bertz CT molecular complexity index is 1190. The number of carbonyl (C=O) groups is 3. The van der Waals surface area contributed by atoms with Crippen LogP contribution in [0.2, 0.25) is 0 Å². The number of amides is 3. The first-order valence-electron chi connectivity index (χ1n) is 14.3. The molecule has 0 unspecified atom stereocenters. The molecule has 1 fully saturated rings. The zero-order valence-corrected chi connectivity index (χ0v) is 26.1. The normalized spacial score (nSPS) is 18.0. The van der Waals surface area contributed by atoms with Crippen LogP contribution < -0.4 is 15.4 Å². The third-order valence-corrected chi connectivity index (χ3v) is 8.52. The lowest BCUT2D eigenvalue weighted by atomic mass is 9.96. The van der Waals surface area contributed by atoms with E-state index in [4.69, 9.17) is 4.74 Å². The number of nitrogens with one attached hydrogen (secondary N) is 2. The molecule has 8 nitrogen and oxygen atoms in total. The maximum Gasteiger partial charge on any atom is 0.258 e. The number of para-hydroxylation sites is 1. The summed E-state index contributed by atoms with van der Waals surface area (Å²) in [7, 11) is 0. The van der Waals surface area contributed by atoms with Gasteiger partial charge in [0.1, 0.15) is 11.8 Å². The van der Waals surface area contributed by atoms with Crippen LogP contribution >= 0.6 is 11.8 Å². The van der Waals surface area contributed by atoms with Gasteiger partial charge < -0.3 is 25.4 Å². The molecule has 0 radical (unpaired) electrons. The molecule has 1 saturated heterocycles. The van der Waals surface area contributed by atoms with Crippen LogP contribution in [0.1, 0.15) is 65.2 Å². The Morgan fingerprint density at radius 2 is 1.66 bits per heavy atom. The highest BCUT2D eigenvalue weighted by atomic mass is 32.2. The number of aryl methyl sites for hydroxylation is 2. The van der Waals surface area contributed by atoms with Gasteiger partial charge in [0, 0.05) is 10.3 Å². The van der Waals surface area contributed by atoms with E-state index in [0.29, 0.717) is 5.75 Å². The van der Waals surface area contributed by atoms with E-state index in [1.54, 1.807) is 0 Å². The molecule has 3 N–H and O–H groups in total.